The van der Waals surface area contributed by atoms with Gasteiger partial charge in [-0.3, -0.25) is 14.9 Å². The van der Waals surface area contributed by atoms with Gasteiger partial charge in [0.1, 0.15) is 5.88 Å². The third-order valence-corrected chi connectivity index (χ3v) is 3.22. The molecule has 0 heterocycles. The summed E-state index contributed by atoms with van der Waals surface area (Å²) in [5, 5.41) is 10.8. The number of nitrogens with zero attached hydrogens (tertiary/aromatic N) is 1. The number of halogens is 1. The fourth-order valence-electron chi connectivity index (χ4n) is 1.11. The third-order valence-electron chi connectivity index (χ3n) is 1.89. The average Bonchev–Trinajstić information content (AvgIpc) is 2.27. The van der Waals surface area contributed by atoms with Crippen molar-refractivity contribution in [1.29, 1.82) is 0 Å². The first-order valence-electron chi connectivity index (χ1n) is 4.51. The molecule has 0 amide bonds. The molecule has 0 saturated heterocycles. The molecule has 0 aliphatic rings. The summed E-state index contributed by atoms with van der Waals surface area (Å²) < 4.78 is 27.1. The molecule has 7 nitrogen and oxygen atoms in total. The minimum Gasteiger partial charge on any atom is -0.418 e. The molecule has 0 N–H and O–H groups in total. The second-order valence-corrected chi connectivity index (χ2v) is 5.55. The number of rotatable bonds is 4. The molecule has 98 valence electrons. The van der Waals surface area contributed by atoms with E-state index < -0.39 is 32.3 Å². The molecule has 0 bridgehead atoms. The number of carbonyl (C=O) groups is 1. The maximum atomic E-state index is 11.2. The number of benzene rings is 1. The van der Waals surface area contributed by atoms with Crippen molar-refractivity contribution in [2.24, 2.45) is 0 Å². The van der Waals surface area contributed by atoms with Crippen molar-refractivity contribution >= 4 is 33.1 Å². The minimum absolute atomic E-state index is 0.236. The van der Waals surface area contributed by atoms with Gasteiger partial charge in [-0.15, -0.1) is 11.6 Å². The standard InChI is InChI=1S/C9H8ClNO6S/c1-18(15,16)6-2-3-8(17-9(12)5-10)7(4-6)11(13)14/h2-4H,5H2,1H3. The lowest BCUT2D eigenvalue weighted by Crippen LogP contribution is -2.10. The molecule has 0 unspecified atom stereocenters. The first-order valence-corrected chi connectivity index (χ1v) is 6.93. The largest absolute Gasteiger partial charge is 0.418 e. The van der Waals surface area contributed by atoms with Gasteiger partial charge in [-0.2, -0.15) is 0 Å². The maximum Gasteiger partial charge on any atom is 0.326 e. The number of ether oxygens (including phenoxy) is 1. The monoisotopic (exact) mass is 293 g/mol. The third kappa shape index (κ3) is 3.41. The number of nitro groups is 1. The van der Waals surface area contributed by atoms with E-state index in [-0.39, 0.29) is 10.6 Å². The molecule has 0 fully saturated rings. The molecule has 0 aliphatic heterocycles. The zero-order valence-electron chi connectivity index (χ0n) is 9.12. The van der Waals surface area contributed by atoms with Gasteiger partial charge in [0.25, 0.3) is 0 Å². The zero-order chi connectivity index (χ0) is 13.9. The Kier molecular flexibility index (Phi) is 4.25. The van der Waals surface area contributed by atoms with Crippen molar-refractivity contribution in [2.45, 2.75) is 4.90 Å². The molecule has 0 saturated carbocycles. The summed E-state index contributed by atoms with van der Waals surface area (Å²) in [5.74, 6) is -1.68. The van der Waals surface area contributed by atoms with Crippen LogP contribution in [-0.2, 0) is 14.6 Å². The quantitative estimate of drug-likeness (QED) is 0.271. The van der Waals surface area contributed by atoms with Crippen LogP contribution in [0.5, 0.6) is 5.75 Å². The molecule has 9 heteroatoms. The Balaban J connectivity index is 3.30. The van der Waals surface area contributed by atoms with Gasteiger partial charge in [-0.05, 0) is 12.1 Å². The Morgan fingerprint density at radius 2 is 2.11 bits per heavy atom. The molecule has 1 rings (SSSR count). The van der Waals surface area contributed by atoms with Crippen molar-refractivity contribution in [1.82, 2.24) is 0 Å². The summed E-state index contributed by atoms with van der Waals surface area (Å²) in [5.41, 5.74) is -0.614. The highest BCUT2D eigenvalue weighted by Gasteiger charge is 2.21. The van der Waals surface area contributed by atoms with Crippen LogP contribution in [0.4, 0.5) is 5.69 Å². The fraction of sp³-hybridized carbons (Fsp3) is 0.222. The number of alkyl halides is 1. The molecule has 0 aromatic heterocycles. The van der Waals surface area contributed by atoms with Crippen LogP contribution in [-0.4, -0.2) is 31.4 Å². The van der Waals surface area contributed by atoms with E-state index >= 15 is 0 Å². The molecular formula is C9H8ClNO6S. The van der Waals surface area contributed by atoms with Crippen LogP contribution in [0.1, 0.15) is 0 Å². The first-order chi connectivity index (χ1) is 8.25. The molecule has 0 aliphatic carbocycles. The van der Waals surface area contributed by atoms with Gasteiger partial charge < -0.3 is 4.74 Å². The van der Waals surface area contributed by atoms with E-state index in [2.05, 4.69) is 4.74 Å². The number of sulfone groups is 1. The van der Waals surface area contributed by atoms with E-state index in [0.29, 0.717) is 0 Å². The Morgan fingerprint density at radius 3 is 2.56 bits per heavy atom. The van der Waals surface area contributed by atoms with Crippen LogP contribution in [0.15, 0.2) is 23.1 Å². The Hall–Kier alpha value is -1.67. The summed E-state index contributed by atoms with van der Waals surface area (Å²) in [6, 6.07) is 2.98. The highest BCUT2D eigenvalue weighted by Crippen LogP contribution is 2.29. The normalized spacial score (nSPS) is 11.0. The van der Waals surface area contributed by atoms with Crippen molar-refractivity contribution in [3.05, 3.63) is 28.3 Å². The maximum absolute atomic E-state index is 11.2. The second kappa shape index (κ2) is 5.32. The highest BCUT2D eigenvalue weighted by atomic mass is 35.5. The Bertz CT molecular complexity index is 597. The van der Waals surface area contributed by atoms with Gasteiger partial charge in [0.2, 0.25) is 5.75 Å². The van der Waals surface area contributed by atoms with Crippen LogP contribution in [0.3, 0.4) is 0 Å². The van der Waals surface area contributed by atoms with Crippen LogP contribution in [0, 0.1) is 10.1 Å². The molecule has 1 aromatic carbocycles. The van der Waals surface area contributed by atoms with Crippen LogP contribution in [0.2, 0.25) is 0 Å². The summed E-state index contributed by atoms with van der Waals surface area (Å²) in [6.45, 7) is 0. The zero-order valence-corrected chi connectivity index (χ0v) is 10.7. The predicted molar refractivity (Wildman–Crippen MR) is 62.6 cm³/mol. The average molecular weight is 294 g/mol. The Labute approximate surface area is 107 Å². The van der Waals surface area contributed by atoms with E-state index in [1.165, 1.54) is 0 Å². The summed E-state index contributed by atoms with van der Waals surface area (Å²) in [4.78, 5) is 20.6. The number of carbonyl (C=O) groups excluding carboxylic acids is 1. The number of hydrogen-bond acceptors (Lipinski definition) is 6. The molecular weight excluding hydrogens is 286 g/mol. The highest BCUT2D eigenvalue weighted by molar-refractivity contribution is 7.90. The number of esters is 1. The number of hydrogen-bond donors (Lipinski definition) is 0. The smallest absolute Gasteiger partial charge is 0.326 e. The van der Waals surface area contributed by atoms with Crippen LogP contribution in [0.25, 0.3) is 0 Å². The van der Waals surface area contributed by atoms with Crippen molar-refractivity contribution in [3.8, 4) is 5.75 Å². The second-order valence-electron chi connectivity index (χ2n) is 3.27. The van der Waals surface area contributed by atoms with Gasteiger partial charge in [-0.25, -0.2) is 8.42 Å². The Morgan fingerprint density at radius 1 is 1.50 bits per heavy atom. The van der Waals surface area contributed by atoms with Gasteiger partial charge in [-0.1, -0.05) is 0 Å². The van der Waals surface area contributed by atoms with Crippen LogP contribution >= 0.6 is 11.6 Å². The SMILES string of the molecule is CS(=O)(=O)c1ccc(OC(=O)CCl)c([N+](=O)[O-])c1. The molecule has 1 aromatic rings. The van der Waals surface area contributed by atoms with Crippen molar-refractivity contribution < 1.29 is 22.9 Å². The van der Waals surface area contributed by atoms with Crippen molar-refractivity contribution in [3.63, 3.8) is 0 Å². The fourth-order valence-corrected chi connectivity index (χ4v) is 1.80. The molecule has 0 radical (unpaired) electrons. The van der Waals surface area contributed by atoms with Crippen LogP contribution < -0.4 is 4.74 Å². The van der Waals surface area contributed by atoms with Gasteiger partial charge in [0, 0.05) is 12.3 Å². The summed E-state index contributed by atoms with van der Waals surface area (Å²) in [6.07, 6.45) is 0.913. The van der Waals surface area contributed by atoms with E-state index in [4.69, 9.17) is 11.6 Å². The molecule has 18 heavy (non-hydrogen) atoms. The summed E-state index contributed by atoms with van der Waals surface area (Å²) in [7, 11) is -3.58. The van der Waals surface area contributed by atoms with E-state index in [0.717, 1.165) is 24.5 Å². The van der Waals surface area contributed by atoms with E-state index in [9.17, 15) is 23.3 Å². The molecule has 0 atom stereocenters. The first kappa shape index (κ1) is 14.4. The lowest BCUT2D eigenvalue weighted by atomic mass is 10.3. The van der Waals surface area contributed by atoms with E-state index in [1.807, 2.05) is 0 Å². The topological polar surface area (TPSA) is 104 Å². The predicted octanol–water partition coefficient (Wildman–Crippen LogP) is 1.14. The van der Waals surface area contributed by atoms with Gasteiger partial charge in [0.05, 0.1) is 9.82 Å². The number of nitro benzene ring substituents is 1. The summed E-state index contributed by atoms with van der Waals surface area (Å²) >= 11 is 5.20. The lowest BCUT2D eigenvalue weighted by molar-refractivity contribution is -0.385. The van der Waals surface area contributed by atoms with Gasteiger partial charge in [0.15, 0.2) is 9.84 Å². The van der Waals surface area contributed by atoms with Crippen molar-refractivity contribution in [2.75, 3.05) is 12.1 Å². The molecule has 0 spiro atoms. The lowest BCUT2D eigenvalue weighted by Gasteiger charge is -2.04. The minimum atomic E-state index is -3.58. The van der Waals surface area contributed by atoms with E-state index in [1.54, 1.807) is 0 Å². The van der Waals surface area contributed by atoms with Gasteiger partial charge >= 0.3 is 11.7 Å².